The molecule has 0 aliphatic heterocycles. The molecule has 0 rings (SSSR count). The van der Waals surface area contributed by atoms with Crippen molar-refractivity contribution in [3.63, 3.8) is 0 Å². The van der Waals surface area contributed by atoms with Crippen molar-refractivity contribution < 1.29 is 9.53 Å². The Labute approximate surface area is 117 Å². The Morgan fingerprint density at radius 2 is 2.11 bits per heavy atom. The SMILES string of the molecule is C=CCOCCCC(=O)N(C)CC(C)(C)CN.Cl. The average Bonchev–Trinajstić information content (AvgIpc) is 2.28. The second kappa shape index (κ2) is 10.4. The molecular formula is C13H27ClN2O2. The van der Waals surface area contributed by atoms with Crippen LogP contribution in [0.5, 0.6) is 0 Å². The molecule has 0 aliphatic rings. The van der Waals surface area contributed by atoms with Gasteiger partial charge in [-0.15, -0.1) is 19.0 Å². The highest BCUT2D eigenvalue weighted by Gasteiger charge is 2.20. The summed E-state index contributed by atoms with van der Waals surface area (Å²) < 4.78 is 5.23. The van der Waals surface area contributed by atoms with Gasteiger partial charge in [-0.1, -0.05) is 19.9 Å². The van der Waals surface area contributed by atoms with E-state index in [1.807, 2.05) is 7.05 Å². The molecule has 0 unspecified atom stereocenters. The van der Waals surface area contributed by atoms with Crippen molar-refractivity contribution in [3.05, 3.63) is 12.7 Å². The molecule has 2 N–H and O–H groups in total. The number of ether oxygens (including phenoxy) is 1. The summed E-state index contributed by atoms with van der Waals surface area (Å²) in [6, 6.07) is 0. The summed E-state index contributed by atoms with van der Waals surface area (Å²) in [7, 11) is 1.82. The van der Waals surface area contributed by atoms with Crippen LogP contribution in [0.25, 0.3) is 0 Å². The quantitative estimate of drug-likeness (QED) is 0.517. The first kappa shape index (κ1) is 19.8. The van der Waals surface area contributed by atoms with Gasteiger partial charge in [0.25, 0.3) is 0 Å². The Morgan fingerprint density at radius 3 is 2.61 bits per heavy atom. The largest absolute Gasteiger partial charge is 0.377 e. The number of nitrogens with two attached hydrogens (primary N) is 1. The van der Waals surface area contributed by atoms with E-state index in [9.17, 15) is 4.79 Å². The Hall–Kier alpha value is -0.580. The first-order valence-corrected chi connectivity index (χ1v) is 6.05. The lowest BCUT2D eigenvalue weighted by molar-refractivity contribution is -0.131. The summed E-state index contributed by atoms with van der Waals surface area (Å²) in [5.41, 5.74) is 5.62. The Balaban J connectivity index is 0. The summed E-state index contributed by atoms with van der Waals surface area (Å²) in [4.78, 5) is 13.5. The minimum Gasteiger partial charge on any atom is -0.377 e. The van der Waals surface area contributed by atoms with E-state index in [1.54, 1.807) is 11.0 Å². The molecule has 108 valence electrons. The second-order valence-corrected chi connectivity index (χ2v) is 5.09. The molecule has 0 saturated heterocycles. The first-order chi connectivity index (χ1) is 7.93. The molecule has 0 heterocycles. The van der Waals surface area contributed by atoms with E-state index in [-0.39, 0.29) is 23.7 Å². The Kier molecular flexibility index (Phi) is 11.4. The lowest BCUT2D eigenvalue weighted by atomic mass is 9.93. The molecule has 4 nitrogen and oxygen atoms in total. The highest BCUT2D eigenvalue weighted by molar-refractivity contribution is 5.85. The lowest BCUT2D eigenvalue weighted by Gasteiger charge is -2.29. The van der Waals surface area contributed by atoms with Crippen LogP contribution < -0.4 is 5.73 Å². The van der Waals surface area contributed by atoms with E-state index in [0.29, 0.717) is 32.7 Å². The van der Waals surface area contributed by atoms with Gasteiger partial charge in [0.1, 0.15) is 0 Å². The number of nitrogens with zero attached hydrogens (tertiary/aromatic N) is 1. The van der Waals surface area contributed by atoms with E-state index >= 15 is 0 Å². The van der Waals surface area contributed by atoms with Crippen LogP contribution in [0.15, 0.2) is 12.7 Å². The van der Waals surface area contributed by atoms with Crippen LogP contribution in [-0.4, -0.2) is 44.2 Å². The molecule has 0 saturated carbocycles. The predicted molar refractivity (Wildman–Crippen MR) is 78.0 cm³/mol. The molecule has 0 aromatic rings. The van der Waals surface area contributed by atoms with Gasteiger partial charge in [-0.2, -0.15) is 0 Å². The topological polar surface area (TPSA) is 55.6 Å². The van der Waals surface area contributed by atoms with Crippen molar-refractivity contribution >= 4 is 18.3 Å². The van der Waals surface area contributed by atoms with Gasteiger partial charge in [-0.05, 0) is 18.4 Å². The number of carbonyl (C=O) groups excluding carboxylic acids is 1. The molecule has 18 heavy (non-hydrogen) atoms. The summed E-state index contributed by atoms with van der Waals surface area (Å²) in [6.07, 6.45) is 2.98. The zero-order chi connectivity index (χ0) is 13.3. The summed E-state index contributed by atoms with van der Waals surface area (Å²) in [5.74, 6) is 0.147. The van der Waals surface area contributed by atoms with Gasteiger partial charge in [0, 0.05) is 26.6 Å². The second-order valence-electron chi connectivity index (χ2n) is 5.09. The van der Waals surface area contributed by atoms with Crippen LogP contribution in [0.4, 0.5) is 0 Å². The highest BCUT2D eigenvalue weighted by atomic mass is 35.5. The van der Waals surface area contributed by atoms with Gasteiger partial charge < -0.3 is 15.4 Å². The van der Waals surface area contributed by atoms with Gasteiger partial charge in [-0.25, -0.2) is 0 Å². The van der Waals surface area contributed by atoms with Crippen LogP contribution in [0.2, 0.25) is 0 Å². The fourth-order valence-electron chi connectivity index (χ4n) is 1.48. The number of halogens is 1. The zero-order valence-electron chi connectivity index (χ0n) is 11.8. The molecule has 0 aromatic heterocycles. The molecule has 0 fully saturated rings. The van der Waals surface area contributed by atoms with Gasteiger partial charge in [0.15, 0.2) is 0 Å². The van der Waals surface area contributed by atoms with Crippen molar-refractivity contribution in [2.75, 3.05) is 33.4 Å². The molecule has 0 spiro atoms. The Bertz CT molecular complexity index is 245. The van der Waals surface area contributed by atoms with Crippen molar-refractivity contribution in [2.45, 2.75) is 26.7 Å². The van der Waals surface area contributed by atoms with Gasteiger partial charge in [-0.3, -0.25) is 4.79 Å². The molecule has 0 bridgehead atoms. The van der Waals surface area contributed by atoms with Crippen LogP contribution >= 0.6 is 12.4 Å². The van der Waals surface area contributed by atoms with Crippen LogP contribution in [0.1, 0.15) is 26.7 Å². The molecule has 0 atom stereocenters. The van der Waals surface area contributed by atoms with Crippen LogP contribution in [0, 0.1) is 5.41 Å². The summed E-state index contributed by atoms with van der Waals surface area (Å²) >= 11 is 0. The van der Waals surface area contributed by atoms with Crippen molar-refractivity contribution in [2.24, 2.45) is 11.1 Å². The molecule has 0 aliphatic carbocycles. The van der Waals surface area contributed by atoms with Crippen molar-refractivity contribution in [1.29, 1.82) is 0 Å². The average molecular weight is 279 g/mol. The minimum atomic E-state index is -0.0241. The van der Waals surface area contributed by atoms with E-state index in [1.165, 1.54) is 0 Å². The third-order valence-corrected chi connectivity index (χ3v) is 2.56. The maximum atomic E-state index is 11.8. The van der Waals surface area contributed by atoms with Gasteiger partial charge in [0.05, 0.1) is 6.61 Å². The fourth-order valence-corrected chi connectivity index (χ4v) is 1.48. The maximum Gasteiger partial charge on any atom is 0.222 e. The fraction of sp³-hybridized carbons (Fsp3) is 0.769. The Morgan fingerprint density at radius 1 is 1.50 bits per heavy atom. The minimum absolute atomic E-state index is 0. The number of carbonyl (C=O) groups is 1. The van der Waals surface area contributed by atoms with E-state index < -0.39 is 0 Å². The van der Waals surface area contributed by atoms with E-state index in [4.69, 9.17) is 10.5 Å². The van der Waals surface area contributed by atoms with Crippen molar-refractivity contribution in [1.82, 2.24) is 4.90 Å². The number of amides is 1. The monoisotopic (exact) mass is 278 g/mol. The third-order valence-electron chi connectivity index (χ3n) is 2.56. The lowest BCUT2D eigenvalue weighted by Crippen LogP contribution is -2.39. The van der Waals surface area contributed by atoms with Crippen molar-refractivity contribution in [3.8, 4) is 0 Å². The van der Waals surface area contributed by atoms with Crippen LogP contribution in [0.3, 0.4) is 0 Å². The molecule has 5 heteroatoms. The van der Waals surface area contributed by atoms with Crippen LogP contribution in [-0.2, 0) is 9.53 Å². The zero-order valence-corrected chi connectivity index (χ0v) is 12.6. The van der Waals surface area contributed by atoms with Gasteiger partial charge >= 0.3 is 0 Å². The number of hydrogen-bond acceptors (Lipinski definition) is 3. The molecule has 0 aromatic carbocycles. The molecule has 1 amide bonds. The molecular weight excluding hydrogens is 252 g/mol. The van der Waals surface area contributed by atoms with Gasteiger partial charge in [0.2, 0.25) is 5.91 Å². The van der Waals surface area contributed by atoms with E-state index in [2.05, 4.69) is 20.4 Å². The van der Waals surface area contributed by atoms with E-state index in [0.717, 1.165) is 6.42 Å². The standard InChI is InChI=1S/C13H26N2O2.ClH/c1-5-8-17-9-6-7-12(16)15(4)11-13(2,3)10-14;/h5H,1,6-11,14H2,2-4H3;1H. The smallest absolute Gasteiger partial charge is 0.222 e. The predicted octanol–water partition coefficient (Wildman–Crippen LogP) is 1.83. The number of rotatable bonds is 9. The first-order valence-electron chi connectivity index (χ1n) is 6.05. The highest BCUT2D eigenvalue weighted by Crippen LogP contribution is 2.14. The normalized spacial score (nSPS) is 10.7. The number of hydrogen-bond donors (Lipinski definition) is 1. The third kappa shape index (κ3) is 9.45. The summed E-state index contributed by atoms with van der Waals surface area (Å²) in [6.45, 7) is 10.1. The molecule has 0 radical (unpaired) electrons. The maximum absolute atomic E-state index is 11.8. The summed E-state index contributed by atoms with van der Waals surface area (Å²) in [5, 5.41) is 0.